The van der Waals surface area contributed by atoms with E-state index in [2.05, 4.69) is 5.32 Å². The second-order valence-corrected chi connectivity index (χ2v) is 4.29. The van der Waals surface area contributed by atoms with Gasteiger partial charge in [-0.2, -0.15) is 0 Å². The van der Waals surface area contributed by atoms with E-state index >= 15 is 0 Å². The fraction of sp³-hybridized carbons (Fsp3) is 0.462. The van der Waals surface area contributed by atoms with Crippen LogP contribution in [-0.2, 0) is 4.74 Å². The first-order chi connectivity index (χ1) is 8.84. The van der Waals surface area contributed by atoms with Gasteiger partial charge in [-0.1, -0.05) is 0 Å². The summed E-state index contributed by atoms with van der Waals surface area (Å²) in [6.07, 6.45) is -0.402. The average Bonchev–Trinajstić information content (AvgIpc) is 2.47. The van der Waals surface area contributed by atoms with Gasteiger partial charge in [0.2, 0.25) is 0 Å². The summed E-state index contributed by atoms with van der Waals surface area (Å²) >= 11 is 0. The number of nitrogens with one attached hydrogen (secondary N) is 1. The van der Waals surface area contributed by atoms with E-state index < -0.39 is 6.10 Å². The lowest BCUT2D eigenvalue weighted by Gasteiger charge is -2.23. The lowest BCUT2D eigenvalue weighted by Crippen LogP contribution is -2.43. The highest BCUT2D eigenvalue weighted by atomic mass is 16.6. The van der Waals surface area contributed by atoms with Crippen molar-refractivity contribution in [3.63, 3.8) is 0 Å². The van der Waals surface area contributed by atoms with Crippen LogP contribution in [0.15, 0.2) is 18.2 Å². The third-order valence-corrected chi connectivity index (χ3v) is 3.05. The zero-order valence-corrected chi connectivity index (χ0v) is 9.98. The molecule has 0 amide bonds. The van der Waals surface area contributed by atoms with Crippen molar-refractivity contribution in [2.75, 3.05) is 32.9 Å². The molecule has 0 aliphatic carbocycles. The van der Waals surface area contributed by atoms with E-state index in [1.807, 2.05) is 0 Å². The second kappa shape index (κ2) is 4.96. The van der Waals surface area contributed by atoms with Gasteiger partial charge in [0.15, 0.2) is 17.3 Å². The third-order valence-electron chi connectivity index (χ3n) is 3.05. The largest absolute Gasteiger partial charge is 0.486 e. The predicted octanol–water partition coefficient (Wildman–Crippen LogP) is 0.629. The number of ketones is 1. The number of benzene rings is 1. The summed E-state index contributed by atoms with van der Waals surface area (Å²) in [4.78, 5) is 12.2. The van der Waals surface area contributed by atoms with Crippen molar-refractivity contribution < 1.29 is 19.0 Å². The first-order valence-electron chi connectivity index (χ1n) is 6.11. The van der Waals surface area contributed by atoms with Crippen molar-refractivity contribution in [1.82, 2.24) is 5.32 Å². The van der Waals surface area contributed by atoms with E-state index in [9.17, 15) is 4.79 Å². The number of hydrogen-bond donors (Lipinski definition) is 1. The molecule has 0 radical (unpaired) electrons. The van der Waals surface area contributed by atoms with Crippen LogP contribution in [-0.4, -0.2) is 44.8 Å². The highest BCUT2D eigenvalue weighted by molar-refractivity contribution is 6.00. The van der Waals surface area contributed by atoms with E-state index in [0.29, 0.717) is 43.4 Å². The maximum absolute atomic E-state index is 12.2. The zero-order valence-electron chi connectivity index (χ0n) is 9.98. The fourth-order valence-corrected chi connectivity index (χ4v) is 2.12. The van der Waals surface area contributed by atoms with Gasteiger partial charge in [0.1, 0.15) is 19.3 Å². The summed E-state index contributed by atoms with van der Waals surface area (Å²) in [6, 6.07) is 5.26. The minimum absolute atomic E-state index is 0.0147. The molecule has 2 aliphatic heterocycles. The molecule has 0 bridgehead atoms. The van der Waals surface area contributed by atoms with Crippen molar-refractivity contribution in [1.29, 1.82) is 0 Å². The quantitative estimate of drug-likeness (QED) is 0.779. The molecule has 1 saturated heterocycles. The summed E-state index contributed by atoms with van der Waals surface area (Å²) in [7, 11) is 0. The van der Waals surface area contributed by atoms with Crippen LogP contribution in [0.1, 0.15) is 10.4 Å². The van der Waals surface area contributed by atoms with Gasteiger partial charge in [-0.15, -0.1) is 0 Å². The van der Waals surface area contributed by atoms with E-state index in [4.69, 9.17) is 14.2 Å². The van der Waals surface area contributed by atoms with Gasteiger partial charge in [-0.05, 0) is 18.2 Å². The Morgan fingerprint density at radius 2 is 2.00 bits per heavy atom. The van der Waals surface area contributed by atoms with Gasteiger partial charge in [0.25, 0.3) is 0 Å². The van der Waals surface area contributed by atoms with Crippen molar-refractivity contribution in [2.45, 2.75) is 6.10 Å². The van der Waals surface area contributed by atoms with Gasteiger partial charge in [-0.3, -0.25) is 4.79 Å². The van der Waals surface area contributed by atoms with Crippen LogP contribution in [0.5, 0.6) is 11.5 Å². The number of hydrogen-bond acceptors (Lipinski definition) is 5. The monoisotopic (exact) mass is 249 g/mol. The topological polar surface area (TPSA) is 56.8 Å². The Kier molecular flexibility index (Phi) is 3.17. The molecule has 0 aromatic heterocycles. The molecule has 1 N–H and O–H groups in total. The smallest absolute Gasteiger partial charge is 0.192 e. The first-order valence-corrected chi connectivity index (χ1v) is 6.11. The number of ether oxygens (including phenoxy) is 3. The molecule has 1 aromatic carbocycles. The molecule has 96 valence electrons. The molecule has 2 aliphatic rings. The van der Waals surface area contributed by atoms with Crippen molar-refractivity contribution in [3.8, 4) is 11.5 Å². The number of carbonyl (C=O) groups is 1. The summed E-state index contributed by atoms with van der Waals surface area (Å²) < 4.78 is 16.3. The normalized spacial score (nSPS) is 22.6. The zero-order chi connectivity index (χ0) is 12.4. The van der Waals surface area contributed by atoms with Crippen molar-refractivity contribution in [2.24, 2.45) is 0 Å². The molecule has 1 fully saturated rings. The lowest BCUT2D eigenvalue weighted by molar-refractivity contribution is 0.0269. The van der Waals surface area contributed by atoms with E-state index in [0.717, 1.165) is 6.54 Å². The van der Waals surface area contributed by atoms with E-state index in [1.54, 1.807) is 18.2 Å². The number of Topliss-reactive ketones (excluding diaryl/α,β-unsaturated/α-hetero) is 1. The van der Waals surface area contributed by atoms with Crippen LogP contribution >= 0.6 is 0 Å². The van der Waals surface area contributed by atoms with Crippen LogP contribution in [0.3, 0.4) is 0 Å². The molecular weight excluding hydrogens is 234 g/mol. The Labute approximate surface area is 105 Å². The first kappa shape index (κ1) is 11.5. The van der Waals surface area contributed by atoms with Gasteiger partial charge < -0.3 is 19.5 Å². The molecule has 1 aromatic rings. The third kappa shape index (κ3) is 2.19. The Balaban J connectivity index is 1.80. The maximum atomic E-state index is 12.2. The minimum atomic E-state index is -0.402. The number of carbonyl (C=O) groups excluding carboxylic acids is 1. The molecular formula is C13H15NO4. The molecule has 18 heavy (non-hydrogen) atoms. The Bertz CT molecular complexity index is 454. The van der Waals surface area contributed by atoms with Gasteiger partial charge in [-0.25, -0.2) is 0 Å². The van der Waals surface area contributed by atoms with Crippen LogP contribution in [0.2, 0.25) is 0 Å². The van der Waals surface area contributed by atoms with Crippen molar-refractivity contribution >= 4 is 5.78 Å². The molecule has 5 nitrogen and oxygen atoms in total. The van der Waals surface area contributed by atoms with Gasteiger partial charge >= 0.3 is 0 Å². The Hall–Kier alpha value is -1.59. The van der Waals surface area contributed by atoms with Crippen LogP contribution in [0.4, 0.5) is 0 Å². The Morgan fingerprint density at radius 3 is 2.78 bits per heavy atom. The number of fused-ring (bicyclic) bond motifs is 1. The highest BCUT2D eigenvalue weighted by Crippen LogP contribution is 2.31. The molecule has 0 saturated carbocycles. The SMILES string of the molecule is O=C(c1ccc2c(c1)OCCO2)C1CNCCO1. The number of rotatable bonds is 2. The summed E-state index contributed by atoms with van der Waals surface area (Å²) in [6.45, 7) is 3.00. The predicted molar refractivity (Wildman–Crippen MR) is 64.4 cm³/mol. The van der Waals surface area contributed by atoms with E-state index in [-0.39, 0.29) is 5.78 Å². The standard InChI is InChI=1S/C13H15NO4/c15-13(12-8-14-3-4-16-12)9-1-2-10-11(7-9)18-6-5-17-10/h1-2,7,12,14H,3-6,8H2. The van der Waals surface area contributed by atoms with Crippen LogP contribution in [0.25, 0.3) is 0 Å². The summed E-state index contributed by atoms with van der Waals surface area (Å²) in [5, 5.41) is 3.15. The van der Waals surface area contributed by atoms with Crippen LogP contribution in [0, 0.1) is 0 Å². The Morgan fingerprint density at radius 1 is 1.17 bits per heavy atom. The van der Waals surface area contributed by atoms with Gasteiger partial charge in [0.05, 0.1) is 6.61 Å². The van der Waals surface area contributed by atoms with Crippen LogP contribution < -0.4 is 14.8 Å². The summed E-state index contributed by atoms with van der Waals surface area (Å²) in [5.74, 6) is 1.32. The number of morpholine rings is 1. The molecule has 1 atom stereocenters. The molecule has 1 unspecified atom stereocenters. The summed E-state index contributed by atoms with van der Waals surface area (Å²) in [5.41, 5.74) is 0.605. The second-order valence-electron chi connectivity index (χ2n) is 4.29. The highest BCUT2D eigenvalue weighted by Gasteiger charge is 2.24. The molecule has 3 rings (SSSR count). The van der Waals surface area contributed by atoms with Crippen molar-refractivity contribution in [3.05, 3.63) is 23.8 Å². The molecule has 5 heteroatoms. The molecule has 2 heterocycles. The van der Waals surface area contributed by atoms with E-state index in [1.165, 1.54) is 0 Å². The van der Waals surface area contributed by atoms with Gasteiger partial charge in [0, 0.05) is 18.7 Å². The lowest BCUT2D eigenvalue weighted by atomic mass is 10.0. The average molecular weight is 249 g/mol. The molecule has 0 spiro atoms. The minimum Gasteiger partial charge on any atom is -0.486 e. The fourth-order valence-electron chi connectivity index (χ4n) is 2.12. The maximum Gasteiger partial charge on any atom is 0.192 e.